The molecule has 10 heteroatoms. The van der Waals surface area contributed by atoms with Gasteiger partial charge in [0.25, 0.3) is 0 Å². The summed E-state index contributed by atoms with van der Waals surface area (Å²) in [5, 5.41) is 0.718. The van der Waals surface area contributed by atoms with E-state index in [0.717, 1.165) is 5.39 Å². The first-order valence-electron chi connectivity index (χ1n) is 8.69. The first kappa shape index (κ1) is 20.5. The van der Waals surface area contributed by atoms with Crippen LogP contribution in [0.1, 0.15) is 12.2 Å². The van der Waals surface area contributed by atoms with E-state index in [0.29, 0.717) is 17.1 Å². The number of anilines is 1. The Labute approximate surface area is 167 Å². The number of hydrogen-bond acceptors (Lipinski definition) is 8. The second-order valence-corrected chi connectivity index (χ2v) is 7.79. The first-order chi connectivity index (χ1) is 13.9. The highest BCUT2D eigenvalue weighted by molar-refractivity contribution is 7.89. The Kier molecular flexibility index (Phi) is 6.25. The molecule has 0 aliphatic rings. The summed E-state index contributed by atoms with van der Waals surface area (Å²) in [6.45, 7) is -0.257. The molecule has 3 aromatic rings. The summed E-state index contributed by atoms with van der Waals surface area (Å²) in [6.07, 6.45) is -0.140. The molecule has 0 spiro atoms. The fourth-order valence-electron chi connectivity index (χ4n) is 2.56. The normalized spacial score (nSPS) is 11.3. The minimum absolute atomic E-state index is 0.0757. The number of nitrogens with zero attached hydrogens (tertiary/aromatic N) is 2. The second kappa shape index (κ2) is 8.84. The van der Waals surface area contributed by atoms with Gasteiger partial charge in [0.15, 0.2) is 12.4 Å². The number of nitrogen functional groups attached to an aromatic ring is 1. The lowest BCUT2D eigenvalue weighted by Gasteiger charge is -2.08. The van der Waals surface area contributed by atoms with Gasteiger partial charge < -0.3 is 15.2 Å². The van der Waals surface area contributed by atoms with Crippen LogP contribution in [0.2, 0.25) is 0 Å². The van der Waals surface area contributed by atoms with E-state index in [-0.39, 0.29) is 30.3 Å². The lowest BCUT2D eigenvalue weighted by molar-refractivity contribution is -0.145. The average molecular weight is 416 g/mol. The number of nitrogens with two attached hydrogens (primary N) is 1. The van der Waals surface area contributed by atoms with E-state index in [2.05, 4.69) is 14.7 Å². The van der Waals surface area contributed by atoms with Crippen molar-refractivity contribution in [2.24, 2.45) is 0 Å². The monoisotopic (exact) mass is 416 g/mol. The van der Waals surface area contributed by atoms with E-state index in [9.17, 15) is 13.2 Å². The maximum Gasteiger partial charge on any atom is 0.307 e. The molecule has 0 aliphatic carbocycles. The fourth-order valence-corrected chi connectivity index (χ4v) is 3.59. The number of para-hydroxylation sites is 1. The van der Waals surface area contributed by atoms with E-state index < -0.39 is 16.0 Å². The molecule has 0 fully saturated rings. The van der Waals surface area contributed by atoms with Gasteiger partial charge in [-0.05, 0) is 36.4 Å². The molecule has 0 unspecified atom stereocenters. The number of rotatable bonds is 8. The number of benzene rings is 2. The van der Waals surface area contributed by atoms with Crippen LogP contribution in [0.15, 0.2) is 53.4 Å². The molecule has 9 nitrogen and oxygen atoms in total. The number of nitrogens with one attached hydrogen (secondary N) is 1. The molecule has 152 valence electrons. The van der Waals surface area contributed by atoms with Gasteiger partial charge in [0.05, 0.1) is 23.9 Å². The third-order valence-electron chi connectivity index (χ3n) is 4.03. The Morgan fingerprint density at radius 3 is 2.55 bits per heavy atom. The molecule has 3 rings (SSSR count). The van der Waals surface area contributed by atoms with Crippen LogP contribution in [-0.2, 0) is 26.2 Å². The zero-order chi connectivity index (χ0) is 20.9. The Bertz CT molecular complexity index is 1120. The predicted molar refractivity (Wildman–Crippen MR) is 107 cm³/mol. The number of aromatic nitrogens is 2. The van der Waals surface area contributed by atoms with Gasteiger partial charge in [-0.25, -0.2) is 23.1 Å². The molecule has 0 aliphatic heterocycles. The number of esters is 1. The van der Waals surface area contributed by atoms with Gasteiger partial charge in [0, 0.05) is 11.9 Å². The van der Waals surface area contributed by atoms with Crippen molar-refractivity contribution in [3.05, 3.63) is 54.4 Å². The lowest BCUT2D eigenvalue weighted by atomic mass is 10.2. The summed E-state index contributed by atoms with van der Waals surface area (Å²) >= 11 is 0. The van der Waals surface area contributed by atoms with Gasteiger partial charge in [-0.1, -0.05) is 12.1 Å². The largest absolute Gasteiger partial charge is 0.497 e. The van der Waals surface area contributed by atoms with Crippen LogP contribution in [0.3, 0.4) is 0 Å². The number of hydrogen-bond donors (Lipinski definition) is 2. The van der Waals surface area contributed by atoms with Crippen molar-refractivity contribution >= 4 is 32.7 Å². The molecule has 1 heterocycles. The number of fused-ring (bicyclic) bond motifs is 1. The third-order valence-corrected chi connectivity index (χ3v) is 5.51. The molecule has 0 saturated carbocycles. The fraction of sp³-hybridized carbons (Fsp3) is 0.211. The van der Waals surface area contributed by atoms with Crippen LogP contribution < -0.4 is 15.2 Å². The Morgan fingerprint density at radius 1 is 1.10 bits per heavy atom. The topological polar surface area (TPSA) is 134 Å². The van der Waals surface area contributed by atoms with E-state index in [4.69, 9.17) is 15.2 Å². The summed E-state index contributed by atoms with van der Waals surface area (Å²) in [5.74, 6) is 0.532. The van der Waals surface area contributed by atoms with Crippen molar-refractivity contribution in [1.29, 1.82) is 0 Å². The second-order valence-electron chi connectivity index (χ2n) is 6.03. The zero-order valence-corrected chi connectivity index (χ0v) is 16.5. The number of methoxy groups -OCH3 is 1. The van der Waals surface area contributed by atoms with E-state index >= 15 is 0 Å². The van der Waals surface area contributed by atoms with Gasteiger partial charge >= 0.3 is 5.97 Å². The summed E-state index contributed by atoms with van der Waals surface area (Å²) in [5.41, 5.74) is 6.54. The molecule has 0 bridgehead atoms. The van der Waals surface area contributed by atoms with Crippen molar-refractivity contribution in [3.8, 4) is 5.75 Å². The highest BCUT2D eigenvalue weighted by atomic mass is 32.2. The molecule has 0 atom stereocenters. The first-order valence-corrected chi connectivity index (χ1v) is 10.2. The van der Waals surface area contributed by atoms with Gasteiger partial charge in [0.2, 0.25) is 10.0 Å². The van der Waals surface area contributed by atoms with Crippen LogP contribution in [0.4, 0.5) is 5.82 Å². The van der Waals surface area contributed by atoms with Crippen LogP contribution in [0.25, 0.3) is 10.9 Å². The highest BCUT2D eigenvalue weighted by Crippen LogP contribution is 2.17. The quantitative estimate of drug-likeness (QED) is 0.529. The minimum Gasteiger partial charge on any atom is -0.497 e. The summed E-state index contributed by atoms with van der Waals surface area (Å²) < 4.78 is 36.9. The average Bonchev–Trinajstić information content (AvgIpc) is 2.72. The third kappa shape index (κ3) is 5.18. The Hall–Kier alpha value is -3.24. The van der Waals surface area contributed by atoms with Gasteiger partial charge in [-0.2, -0.15) is 0 Å². The van der Waals surface area contributed by atoms with Gasteiger partial charge in [-0.15, -0.1) is 0 Å². The smallest absolute Gasteiger partial charge is 0.307 e. The SMILES string of the molecule is COc1ccc(S(=O)(=O)NCCC(=O)OCc2nc(N)c3ccccc3n2)cc1. The van der Waals surface area contributed by atoms with Crippen molar-refractivity contribution in [3.63, 3.8) is 0 Å². The summed E-state index contributed by atoms with van der Waals surface area (Å²) in [4.78, 5) is 20.4. The maximum atomic E-state index is 12.2. The predicted octanol–water partition coefficient (Wildman–Crippen LogP) is 1.63. The van der Waals surface area contributed by atoms with Crippen LogP contribution in [0, 0.1) is 0 Å². The molecule has 0 amide bonds. The molecule has 0 saturated heterocycles. The minimum atomic E-state index is -3.73. The summed E-state index contributed by atoms with van der Waals surface area (Å²) in [6, 6.07) is 13.1. The van der Waals surface area contributed by atoms with Gasteiger partial charge in [-0.3, -0.25) is 4.79 Å². The molecule has 2 aromatic carbocycles. The Balaban J connectivity index is 1.51. The highest BCUT2D eigenvalue weighted by Gasteiger charge is 2.15. The number of ether oxygens (including phenoxy) is 2. The van der Waals surface area contributed by atoms with E-state index in [1.165, 1.54) is 31.4 Å². The van der Waals surface area contributed by atoms with Crippen LogP contribution in [0.5, 0.6) is 5.75 Å². The number of carbonyl (C=O) groups is 1. The lowest BCUT2D eigenvalue weighted by Crippen LogP contribution is -2.26. The maximum absolute atomic E-state index is 12.2. The molecule has 1 aromatic heterocycles. The summed E-state index contributed by atoms with van der Waals surface area (Å²) in [7, 11) is -2.24. The van der Waals surface area contributed by atoms with E-state index in [1.807, 2.05) is 12.1 Å². The van der Waals surface area contributed by atoms with Crippen molar-refractivity contribution in [2.45, 2.75) is 17.9 Å². The number of carbonyl (C=O) groups excluding carboxylic acids is 1. The van der Waals surface area contributed by atoms with Crippen LogP contribution in [-0.4, -0.2) is 38.0 Å². The van der Waals surface area contributed by atoms with Crippen LogP contribution >= 0.6 is 0 Å². The van der Waals surface area contributed by atoms with Crippen molar-refractivity contribution in [1.82, 2.24) is 14.7 Å². The zero-order valence-electron chi connectivity index (χ0n) is 15.7. The Morgan fingerprint density at radius 2 is 1.83 bits per heavy atom. The van der Waals surface area contributed by atoms with Crippen molar-refractivity contribution in [2.75, 3.05) is 19.4 Å². The number of sulfonamides is 1. The molecule has 3 N–H and O–H groups in total. The molecule has 29 heavy (non-hydrogen) atoms. The molecule has 0 radical (unpaired) electrons. The standard InChI is InChI=1S/C19H20N4O5S/c1-27-13-6-8-14(9-7-13)29(25,26)21-11-10-18(24)28-12-17-22-16-5-3-2-4-15(16)19(20)23-17/h2-9,21H,10-12H2,1H3,(H2,20,22,23). The van der Waals surface area contributed by atoms with E-state index in [1.54, 1.807) is 12.1 Å². The molecular weight excluding hydrogens is 396 g/mol. The molecular formula is C19H20N4O5S. The van der Waals surface area contributed by atoms with Gasteiger partial charge in [0.1, 0.15) is 11.6 Å². The van der Waals surface area contributed by atoms with Crippen molar-refractivity contribution < 1.29 is 22.7 Å².